The zero-order chi connectivity index (χ0) is 13.7. The van der Waals surface area contributed by atoms with Gasteiger partial charge < -0.3 is 14.6 Å². The highest BCUT2D eigenvalue weighted by molar-refractivity contribution is 5.66. The summed E-state index contributed by atoms with van der Waals surface area (Å²) in [5.41, 5.74) is 0. The number of aliphatic carboxylic acids is 1. The number of benzene rings is 1. The molecule has 0 saturated heterocycles. The minimum Gasteiger partial charge on any atom is -0.497 e. The van der Waals surface area contributed by atoms with Crippen LogP contribution in [-0.4, -0.2) is 38.4 Å². The van der Waals surface area contributed by atoms with Crippen LogP contribution < -0.4 is 9.47 Å². The van der Waals surface area contributed by atoms with Gasteiger partial charge in [-0.2, -0.15) is 4.80 Å². The van der Waals surface area contributed by atoms with Crippen LogP contribution in [0.5, 0.6) is 11.5 Å². The van der Waals surface area contributed by atoms with Crippen LogP contribution in [0.1, 0.15) is 5.82 Å². The third-order valence-corrected chi connectivity index (χ3v) is 2.18. The highest BCUT2D eigenvalue weighted by Crippen LogP contribution is 2.19. The van der Waals surface area contributed by atoms with Crippen LogP contribution in [0.4, 0.5) is 0 Å². The molecule has 0 unspecified atom stereocenters. The van der Waals surface area contributed by atoms with Gasteiger partial charge in [-0.05, 0) is 17.3 Å². The Morgan fingerprint density at radius 3 is 2.95 bits per heavy atom. The maximum atomic E-state index is 10.5. The van der Waals surface area contributed by atoms with E-state index in [0.29, 0.717) is 17.3 Å². The first-order chi connectivity index (χ1) is 9.17. The fourth-order valence-corrected chi connectivity index (χ4v) is 1.36. The Morgan fingerprint density at radius 1 is 1.42 bits per heavy atom. The van der Waals surface area contributed by atoms with Crippen LogP contribution >= 0.6 is 0 Å². The zero-order valence-electron chi connectivity index (χ0n) is 10.2. The number of ether oxygens (including phenoxy) is 2. The number of hydrogen-bond acceptors (Lipinski definition) is 6. The van der Waals surface area contributed by atoms with Crippen molar-refractivity contribution in [3.05, 3.63) is 30.1 Å². The molecule has 0 atom stereocenters. The van der Waals surface area contributed by atoms with Crippen LogP contribution in [0.2, 0.25) is 0 Å². The molecule has 0 fully saturated rings. The fourth-order valence-electron chi connectivity index (χ4n) is 1.36. The topological polar surface area (TPSA) is 99.4 Å². The van der Waals surface area contributed by atoms with Crippen molar-refractivity contribution in [2.24, 2.45) is 0 Å². The monoisotopic (exact) mass is 264 g/mol. The predicted molar refractivity (Wildman–Crippen MR) is 62.8 cm³/mol. The highest BCUT2D eigenvalue weighted by atomic mass is 16.5. The molecule has 0 bridgehead atoms. The van der Waals surface area contributed by atoms with E-state index in [0.717, 1.165) is 4.80 Å². The number of carboxylic acid groups (broad SMARTS) is 1. The maximum absolute atomic E-state index is 10.5. The maximum Gasteiger partial charge on any atom is 0.327 e. The van der Waals surface area contributed by atoms with Gasteiger partial charge in [-0.15, -0.1) is 10.2 Å². The molecule has 0 radical (unpaired) electrons. The molecule has 8 heteroatoms. The molecule has 8 nitrogen and oxygen atoms in total. The fraction of sp³-hybridized carbons (Fsp3) is 0.273. The number of aromatic nitrogens is 4. The number of methoxy groups -OCH3 is 1. The average Bonchev–Trinajstić information content (AvgIpc) is 2.83. The van der Waals surface area contributed by atoms with Crippen molar-refractivity contribution in [2.75, 3.05) is 7.11 Å². The number of carbonyl (C=O) groups is 1. The van der Waals surface area contributed by atoms with E-state index in [9.17, 15) is 4.79 Å². The van der Waals surface area contributed by atoms with Crippen molar-refractivity contribution in [3.63, 3.8) is 0 Å². The zero-order valence-corrected chi connectivity index (χ0v) is 10.2. The van der Waals surface area contributed by atoms with Crippen molar-refractivity contribution >= 4 is 5.97 Å². The molecule has 0 amide bonds. The molecule has 1 N–H and O–H groups in total. The van der Waals surface area contributed by atoms with E-state index in [1.165, 1.54) is 0 Å². The third kappa shape index (κ3) is 3.66. The van der Waals surface area contributed by atoms with Crippen molar-refractivity contribution in [3.8, 4) is 11.5 Å². The Labute approximate surface area is 108 Å². The average molecular weight is 264 g/mol. The van der Waals surface area contributed by atoms with E-state index < -0.39 is 5.97 Å². The Kier molecular flexibility index (Phi) is 3.91. The molecule has 0 aliphatic carbocycles. The van der Waals surface area contributed by atoms with Crippen LogP contribution in [-0.2, 0) is 17.9 Å². The van der Waals surface area contributed by atoms with Gasteiger partial charge in [-0.3, -0.25) is 4.79 Å². The van der Waals surface area contributed by atoms with E-state index in [4.69, 9.17) is 14.6 Å². The molecule has 2 rings (SSSR count). The van der Waals surface area contributed by atoms with Gasteiger partial charge >= 0.3 is 5.97 Å². The lowest BCUT2D eigenvalue weighted by Gasteiger charge is -2.05. The first-order valence-corrected chi connectivity index (χ1v) is 5.42. The van der Waals surface area contributed by atoms with Gasteiger partial charge in [0.25, 0.3) is 0 Å². The molecule has 100 valence electrons. The van der Waals surface area contributed by atoms with E-state index >= 15 is 0 Å². The number of nitrogens with zero attached hydrogens (tertiary/aromatic N) is 4. The smallest absolute Gasteiger partial charge is 0.327 e. The van der Waals surface area contributed by atoms with Gasteiger partial charge in [0.1, 0.15) is 11.5 Å². The summed E-state index contributed by atoms with van der Waals surface area (Å²) in [6.45, 7) is -0.223. The lowest BCUT2D eigenvalue weighted by molar-refractivity contribution is -0.138. The van der Waals surface area contributed by atoms with Crippen molar-refractivity contribution < 1.29 is 19.4 Å². The standard InChI is InChI=1S/C11H12N4O4/c1-18-8-3-2-4-9(5-8)19-7-10-12-14-15(13-10)6-11(16)17/h2-5H,6-7H2,1H3,(H,16,17). The second kappa shape index (κ2) is 5.80. The molecule has 19 heavy (non-hydrogen) atoms. The summed E-state index contributed by atoms with van der Waals surface area (Å²) in [6.07, 6.45) is 0. The molecule has 1 aromatic carbocycles. The Bertz CT molecular complexity index is 569. The second-order valence-corrected chi connectivity index (χ2v) is 3.60. The van der Waals surface area contributed by atoms with E-state index in [2.05, 4.69) is 15.4 Å². The van der Waals surface area contributed by atoms with E-state index in [1.807, 2.05) is 0 Å². The summed E-state index contributed by atoms with van der Waals surface area (Å²) in [6, 6.07) is 7.09. The van der Waals surface area contributed by atoms with Gasteiger partial charge in [0, 0.05) is 6.07 Å². The largest absolute Gasteiger partial charge is 0.497 e. The van der Waals surface area contributed by atoms with Crippen molar-refractivity contribution in [2.45, 2.75) is 13.2 Å². The van der Waals surface area contributed by atoms with Gasteiger partial charge in [0.2, 0.25) is 5.82 Å². The summed E-state index contributed by atoms with van der Waals surface area (Å²) >= 11 is 0. The van der Waals surface area contributed by atoms with Crippen LogP contribution in [0.15, 0.2) is 24.3 Å². The van der Waals surface area contributed by atoms with Gasteiger partial charge in [0.05, 0.1) is 7.11 Å². The van der Waals surface area contributed by atoms with E-state index in [1.54, 1.807) is 31.4 Å². The quantitative estimate of drug-likeness (QED) is 0.803. The molecule has 2 aromatic rings. The Morgan fingerprint density at radius 2 is 2.21 bits per heavy atom. The van der Waals surface area contributed by atoms with Crippen LogP contribution in [0.25, 0.3) is 0 Å². The summed E-state index contributed by atoms with van der Waals surface area (Å²) in [7, 11) is 1.57. The minimum atomic E-state index is -1.03. The second-order valence-electron chi connectivity index (χ2n) is 3.60. The highest BCUT2D eigenvalue weighted by Gasteiger charge is 2.07. The van der Waals surface area contributed by atoms with Gasteiger partial charge in [-0.1, -0.05) is 6.07 Å². The Balaban J connectivity index is 1.94. The molecular formula is C11H12N4O4. The lowest BCUT2D eigenvalue weighted by atomic mass is 10.3. The van der Waals surface area contributed by atoms with Gasteiger partial charge in [-0.25, -0.2) is 0 Å². The molecule has 0 aliphatic rings. The summed E-state index contributed by atoms with van der Waals surface area (Å²) in [5.74, 6) is 0.565. The van der Waals surface area contributed by atoms with E-state index in [-0.39, 0.29) is 13.2 Å². The minimum absolute atomic E-state index is 0.104. The molecular weight excluding hydrogens is 252 g/mol. The van der Waals surface area contributed by atoms with Crippen LogP contribution in [0, 0.1) is 0 Å². The third-order valence-electron chi connectivity index (χ3n) is 2.18. The molecule has 0 aliphatic heterocycles. The summed E-state index contributed by atoms with van der Waals surface area (Å²) in [5, 5.41) is 19.7. The predicted octanol–water partition coefficient (Wildman–Crippen LogP) is 0.345. The number of rotatable bonds is 6. The summed E-state index contributed by atoms with van der Waals surface area (Å²) in [4.78, 5) is 11.4. The normalized spacial score (nSPS) is 10.2. The number of tetrazole rings is 1. The van der Waals surface area contributed by atoms with Crippen molar-refractivity contribution in [1.82, 2.24) is 20.2 Å². The molecule has 1 heterocycles. The first-order valence-electron chi connectivity index (χ1n) is 5.42. The molecule has 1 aromatic heterocycles. The lowest BCUT2D eigenvalue weighted by Crippen LogP contribution is -2.12. The number of carboxylic acids is 1. The SMILES string of the molecule is COc1cccc(OCc2nnn(CC(=O)O)n2)c1. The summed E-state index contributed by atoms with van der Waals surface area (Å²) < 4.78 is 10.5. The van der Waals surface area contributed by atoms with Crippen LogP contribution in [0.3, 0.4) is 0 Å². The number of hydrogen-bond donors (Lipinski definition) is 1. The molecule has 0 spiro atoms. The first kappa shape index (κ1) is 12.8. The Hall–Kier alpha value is -2.64. The van der Waals surface area contributed by atoms with Gasteiger partial charge in [0.15, 0.2) is 13.2 Å². The molecule has 0 saturated carbocycles. The van der Waals surface area contributed by atoms with Crippen molar-refractivity contribution in [1.29, 1.82) is 0 Å².